The molecule has 0 bridgehead atoms. The van der Waals surface area contributed by atoms with Crippen LogP contribution in [0.5, 0.6) is 0 Å². The van der Waals surface area contributed by atoms with E-state index in [2.05, 4.69) is 0 Å². The molecule has 0 fully saturated rings. The zero-order chi connectivity index (χ0) is 16.7. The first-order chi connectivity index (χ1) is 10.2. The Balaban J connectivity index is 2.86. The van der Waals surface area contributed by atoms with Crippen molar-refractivity contribution in [3.63, 3.8) is 0 Å². The summed E-state index contributed by atoms with van der Waals surface area (Å²) >= 11 is 0. The number of hydrogen-bond donors (Lipinski definition) is 2. The number of benzene rings is 2. The van der Waals surface area contributed by atoms with Gasteiger partial charge >= 0.3 is 6.18 Å². The number of anilines is 1. The number of rotatable bonds is 2. The van der Waals surface area contributed by atoms with Crippen molar-refractivity contribution in [2.75, 3.05) is 5.43 Å². The molecule has 0 aliphatic heterocycles. The Labute approximate surface area is 119 Å². The lowest BCUT2D eigenvalue weighted by Crippen LogP contribution is -2.15. The molecule has 0 spiro atoms. The normalized spacial score (nSPS) is 11.6. The van der Waals surface area contributed by atoms with E-state index in [1.165, 1.54) is 5.43 Å². The van der Waals surface area contributed by atoms with Crippen LogP contribution in [0.25, 0.3) is 11.1 Å². The Hall–Kier alpha value is -2.29. The molecule has 3 N–H and O–H groups in total. The fourth-order valence-electron chi connectivity index (χ4n) is 1.94. The Morgan fingerprint density at radius 1 is 0.818 bits per heavy atom. The second-order valence-electron chi connectivity index (χ2n) is 4.19. The lowest BCUT2D eigenvalue weighted by Gasteiger charge is -2.16. The lowest BCUT2D eigenvalue weighted by atomic mass is 9.97. The minimum atomic E-state index is -4.97. The molecule has 0 aliphatic rings. The third-order valence-corrected chi connectivity index (χ3v) is 2.91. The number of nitrogen functional groups attached to an aromatic ring is 1. The number of alkyl halides is 3. The molecular formula is C13H7F7N2. The fourth-order valence-corrected chi connectivity index (χ4v) is 1.94. The van der Waals surface area contributed by atoms with Crippen molar-refractivity contribution in [2.45, 2.75) is 6.18 Å². The average Bonchev–Trinajstić information content (AvgIpc) is 2.46. The van der Waals surface area contributed by atoms with E-state index in [1.807, 2.05) is 0 Å². The average molecular weight is 324 g/mol. The van der Waals surface area contributed by atoms with Gasteiger partial charge in [-0.15, -0.1) is 0 Å². The first-order valence-electron chi connectivity index (χ1n) is 5.69. The van der Waals surface area contributed by atoms with Crippen LogP contribution in [0.4, 0.5) is 36.4 Å². The van der Waals surface area contributed by atoms with Crippen molar-refractivity contribution in [3.05, 3.63) is 53.1 Å². The molecule has 118 valence electrons. The van der Waals surface area contributed by atoms with Gasteiger partial charge in [0.2, 0.25) is 0 Å². The van der Waals surface area contributed by atoms with Crippen molar-refractivity contribution >= 4 is 5.69 Å². The summed E-state index contributed by atoms with van der Waals surface area (Å²) in [4.78, 5) is 0. The van der Waals surface area contributed by atoms with Gasteiger partial charge in [0.1, 0.15) is 5.69 Å². The summed E-state index contributed by atoms with van der Waals surface area (Å²) < 4.78 is 93.7. The molecule has 0 radical (unpaired) electrons. The van der Waals surface area contributed by atoms with Gasteiger partial charge in [0.05, 0.1) is 11.1 Å². The van der Waals surface area contributed by atoms with Crippen LogP contribution in [0.15, 0.2) is 24.3 Å². The second-order valence-corrected chi connectivity index (χ2v) is 4.19. The van der Waals surface area contributed by atoms with E-state index in [4.69, 9.17) is 5.84 Å². The molecule has 0 aromatic heterocycles. The summed E-state index contributed by atoms with van der Waals surface area (Å²) in [6, 6.07) is 3.27. The summed E-state index contributed by atoms with van der Waals surface area (Å²) in [5.74, 6) is -3.08. The predicted octanol–water partition coefficient (Wildman–Crippen LogP) is 4.21. The Bertz CT molecular complexity index is 696. The van der Waals surface area contributed by atoms with E-state index in [-0.39, 0.29) is 0 Å². The van der Waals surface area contributed by atoms with E-state index in [9.17, 15) is 30.7 Å². The molecule has 0 atom stereocenters. The van der Waals surface area contributed by atoms with Crippen molar-refractivity contribution in [1.29, 1.82) is 0 Å². The molecule has 2 nitrogen and oxygen atoms in total. The molecule has 2 rings (SSSR count). The van der Waals surface area contributed by atoms with Gasteiger partial charge in [-0.1, -0.05) is 18.2 Å². The number of halogens is 7. The zero-order valence-corrected chi connectivity index (χ0v) is 10.5. The predicted molar refractivity (Wildman–Crippen MR) is 64.5 cm³/mol. The van der Waals surface area contributed by atoms with Crippen LogP contribution in [0.3, 0.4) is 0 Å². The third kappa shape index (κ3) is 2.47. The van der Waals surface area contributed by atoms with Crippen molar-refractivity contribution in [1.82, 2.24) is 0 Å². The van der Waals surface area contributed by atoms with Crippen molar-refractivity contribution in [3.8, 4) is 11.1 Å². The van der Waals surface area contributed by atoms with Crippen LogP contribution in [0.2, 0.25) is 0 Å². The van der Waals surface area contributed by atoms with E-state index in [1.54, 1.807) is 0 Å². The number of nitrogens with one attached hydrogen (secondary N) is 1. The van der Waals surface area contributed by atoms with Gasteiger partial charge in [-0.2, -0.15) is 13.2 Å². The van der Waals surface area contributed by atoms with Crippen LogP contribution < -0.4 is 11.3 Å². The summed E-state index contributed by atoms with van der Waals surface area (Å²) in [7, 11) is 0. The SMILES string of the molecule is NNc1c(F)c(F)c(-c2ccccc2C(F)(F)F)c(F)c1F. The van der Waals surface area contributed by atoms with Crippen LogP contribution in [-0.4, -0.2) is 0 Å². The van der Waals surface area contributed by atoms with Gasteiger partial charge in [-0.05, 0) is 11.6 Å². The maximum Gasteiger partial charge on any atom is 0.417 e. The highest BCUT2D eigenvalue weighted by Gasteiger charge is 2.36. The highest BCUT2D eigenvalue weighted by atomic mass is 19.4. The standard InChI is InChI=1S/C13H7F7N2/c14-8-7(9(15)11(17)12(22-21)10(8)16)5-3-1-2-4-6(5)13(18,19)20/h1-4,22H,21H2. The first kappa shape index (κ1) is 16.1. The van der Waals surface area contributed by atoms with Crippen molar-refractivity contribution < 1.29 is 30.7 Å². The summed E-state index contributed by atoms with van der Waals surface area (Å²) in [5, 5.41) is 0. The van der Waals surface area contributed by atoms with E-state index in [0.29, 0.717) is 12.1 Å². The molecule has 0 amide bonds. The number of hydrazine groups is 1. The third-order valence-electron chi connectivity index (χ3n) is 2.91. The van der Waals surface area contributed by atoms with Crippen LogP contribution in [0.1, 0.15) is 5.56 Å². The summed E-state index contributed by atoms with van der Waals surface area (Å²) in [6.07, 6.45) is -4.97. The van der Waals surface area contributed by atoms with Crippen LogP contribution in [0, 0.1) is 23.3 Å². The van der Waals surface area contributed by atoms with Crippen LogP contribution in [-0.2, 0) is 6.18 Å². The van der Waals surface area contributed by atoms with E-state index in [0.717, 1.165) is 12.1 Å². The first-order valence-corrected chi connectivity index (χ1v) is 5.69. The largest absolute Gasteiger partial charge is 0.417 e. The summed E-state index contributed by atoms with van der Waals surface area (Å²) in [6.45, 7) is 0. The molecule has 2 aromatic carbocycles. The Morgan fingerprint density at radius 3 is 1.77 bits per heavy atom. The fraction of sp³-hybridized carbons (Fsp3) is 0.0769. The molecule has 0 saturated carbocycles. The Kier molecular flexibility index (Phi) is 4.01. The molecule has 0 unspecified atom stereocenters. The molecular weight excluding hydrogens is 317 g/mol. The van der Waals surface area contributed by atoms with E-state index >= 15 is 0 Å². The monoisotopic (exact) mass is 324 g/mol. The van der Waals surface area contributed by atoms with Gasteiger partial charge in [0.15, 0.2) is 23.3 Å². The van der Waals surface area contributed by atoms with E-state index < -0.39 is 51.8 Å². The minimum absolute atomic E-state index is 0.541. The van der Waals surface area contributed by atoms with Gasteiger partial charge < -0.3 is 5.43 Å². The molecule has 9 heteroatoms. The minimum Gasteiger partial charge on any atom is -0.319 e. The summed E-state index contributed by atoms with van der Waals surface area (Å²) in [5.41, 5.74) is -3.81. The maximum absolute atomic E-state index is 13.9. The second kappa shape index (κ2) is 5.48. The topological polar surface area (TPSA) is 38.0 Å². The highest BCUT2D eigenvalue weighted by molar-refractivity contribution is 5.72. The molecule has 2 aromatic rings. The Morgan fingerprint density at radius 2 is 1.32 bits per heavy atom. The number of hydrogen-bond acceptors (Lipinski definition) is 2. The maximum atomic E-state index is 13.9. The van der Waals surface area contributed by atoms with Gasteiger partial charge in [-0.25, -0.2) is 17.6 Å². The van der Waals surface area contributed by atoms with Gasteiger partial charge in [0, 0.05) is 0 Å². The molecule has 0 aliphatic carbocycles. The molecule has 0 heterocycles. The molecule has 22 heavy (non-hydrogen) atoms. The number of nitrogens with two attached hydrogens (primary N) is 1. The quantitative estimate of drug-likeness (QED) is 0.376. The highest BCUT2D eigenvalue weighted by Crippen LogP contribution is 2.41. The smallest absolute Gasteiger partial charge is 0.319 e. The van der Waals surface area contributed by atoms with Crippen molar-refractivity contribution in [2.24, 2.45) is 5.84 Å². The molecule has 0 saturated heterocycles. The van der Waals surface area contributed by atoms with Gasteiger partial charge in [-0.3, -0.25) is 5.84 Å². The lowest BCUT2D eigenvalue weighted by molar-refractivity contribution is -0.137. The zero-order valence-electron chi connectivity index (χ0n) is 10.5. The van der Waals surface area contributed by atoms with Gasteiger partial charge in [0.25, 0.3) is 0 Å². The van der Waals surface area contributed by atoms with Crippen LogP contribution >= 0.6 is 0 Å².